The van der Waals surface area contributed by atoms with Gasteiger partial charge < -0.3 is 89.9 Å². The molecule has 12 N–H and O–H groups in total. The second kappa shape index (κ2) is 44.7. The molecule has 0 bridgehead atoms. The lowest BCUT2D eigenvalue weighted by atomic mass is 9.96. The van der Waals surface area contributed by atoms with Crippen molar-refractivity contribution in [1.82, 2.24) is 5.32 Å². The van der Waals surface area contributed by atoms with Crippen molar-refractivity contribution >= 4 is 5.91 Å². The molecule has 3 heterocycles. The monoisotopic (exact) mass is 1150 g/mol. The van der Waals surface area contributed by atoms with Crippen LogP contribution in [0, 0.1) is 0 Å². The van der Waals surface area contributed by atoms with Crippen LogP contribution in [0.2, 0.25) is 0 Å². The van der Waals surface area contributed by atoms with E-state index >= 15 is 0 Å². The number of aliphatic hydroxyl groups is 11. The number of carbonyl (C=O) groups is 1. The summed E-state index contributed by atoms with van der Waals surface area (Å²) < 4.78 is 34.3. The highest BCUT2D eigenvalue weighted by molar-refractivity contribution is 5.76. The van der Waals surface area contributed by atoms with Gasteiger partial charge >= 0.3 is 0 Å². The van der Waals surface area contributed by atoms with Gasteiger partial charge in [-0.3, -0.25) is 4.79 Å². The first-order chi connectivity index (χ1) is 39.3. The van der Waals surface area contributed by atoms with Gasteiger partial charge in [-0.15, -0.1) is 0 Å². The molecule has 17 atom stereocenters. The van der Waals surface area contributed by atoms with Crippen LogP contribution in [0.25, 0.3) is 0 Å². The molecule has 0 aromatic heterocycles. The third-order valence-electron chi connectivity index (χ3n) is 15.0. The van der Waals surface area contributed by atoms with E-state index in [0.717, 1.165) is 89.9 Å². The van der Waals surface area contributed by atoms with Crippen LogP contribution in [0.1, 0.15) is 181 Å². The van der Waals surface area contributed by atoms with Crippen molar-refractivity contribution in [2.24, 2.45) is 0 Å². The summed E-state index contributed by atoms with van der Waals surface area (Å²) in [7, 11) is 0. The second-order valence-corrected chi connectivity index (χ2v) is 21.8. The SMILES string of the molecule is CC/C=C\C/C=C\C/C=C\C/C=C\C/C=C\C/C=C\CCCCCCC(=O)NC(COC1OC(CO)C(OC2OC(CO)C(OC3OC(CO)C(O)C(O)C3O)C(O)C2O)C(O)C1O)C(O)CCCCCCCCCCCCCCC. The lowest BCUT2D eigenvalue weighted by Crippen LogP contribution is -2.66. The van der Waals surface area contributed by atoms with Gasteiger partial charge in [0, 0.05) is 6.42 Å². The summed E-state index contributed by atoms with van der Waals surface area (Å²) in [6.07, 6.45) is 25.5. The number of unbranched alkanes of at least 4 members (excludes halogenated alkanes) is 16. The zero-order valence-corrected chi connectivity index (χ0v) is 48.7. The lowest BCUT2D eigenvalue weighted by molar-refractivity contribution is -0.379. The molecular weight excluding hydrogens is 1050 g/mol. The van der Waals surface area contributed by atoms with E-state index in [2.05, 4.69) is 92.1 Å². The normalized spacial score (nSPS) is 30.3. The van der Waals surface area contributed by atoms with E-state index in [9.17, 15) is 61.0 Å². The number of hydrogen-bond acceptors (Lipinski definition) is 18. The molecule has 0 radical (unpaired) electrons. The molecule has 468 valence electrons. The van der Waals surface area contributed by atoms with E-state index in [1.54, 1.807) is 0 Å². The third kappa shape index (κ3) is 28.3. The van der Waals surface area contributed by atoms with Crippen LogP contribution in [-0.4, -0.2) is 193 Å². The first-order valence-electron chi connectivity index (χ1n) is 30.7. The summed E-state index contributed by atoms with van der Waals surface area (Å²) in [5.41, 5.74) is 0. The first kappa shape index (κ1) is 72.5. The maximum absolute atomic E-state index is 13.3. The second-order valence-electron chi connectivity index (χ2n) is 21.8. The Balaban J connectivity index is 1.48. The standard InChI is InChI=1S/C62H107NO18/c1-3-5-7-9-11-13-15-17-18-19-20-21-22-23-24-25-26-28-30-32-34-36-38-40-50(68)63-45(46(67)39-37-35-33-31-29-27-16-14-12-10-8-6-4-2)44-76-60-56(74)53(71)58(48(42-65)78-60)81-62-57(75)54(72)59(49(43-66)79-62)80-61-55(73)52(70)51(69)47(41-64)77-61/h5,7,11,13,17-18,20-21,23-24,26,28,45-49,51-62,64-67,69-75H,3-4,6,8-10,12,14-16,19,22,25,27,29-44H2,1-2H3,(H,63,68)/b7-5-,13-11-,18-17-,21-20-,24-23-,28-26-. The van der Waals surface area contributed by atoms with Crippen LogP contribution in [-0.2, 0) is 33.2 Å². The first-order valence-corrected chi connectivity index (χ1v) is 30.7. The number of ether oxygens (including phenoxy) is 6. The van der Waals surface area contributed by atoms with Gasteiger partial charge in [-0.2, -0.15) is 0 Å². The molecule has 1 amide bonds. The highest BCUT2D eigenvalue weighted by Gasteiger charge is 2.53. The molecule has 3 fully saturated rings. The van der Waals surface area contributed by atoms with Crippen LogP contribution < -0.4 is 5.32 Å². The van der Waals surface area contributed by atoms with Crippen molar-refractivity contribution in [3.63, 3.8) is 0 Å². The van der Waals surface area contributed by atoms with E-state index in [1.807, 2.05) is 0 Å². The fourth-order valence-corrected chi connectivity index (χ4v) is 10.0. The van der Waals surface area contributed by atoms with Crippen LogP contribution in [0.3, 0.4) is 0 Å². The van der Waals surface area contributed by atoms with Gasteiger partial charge in [0.15, 0.2) is 18.9 Å². The van der Waals surface area contributed by atoms with Crippen molar-refractivity contribution < 1.29 is 89.4 Å². The molecule has 3 aliphatic rings. The molecule has 19 heteroatoms. The lowest BCUT2D eigenvalue weighted by Gasteiger charge is -2.48. The van der Waals surface area contributed by atoms with E-state index in [1.165, 1.54) is 57.8 Å². The molecule has 0 aromatic rings. The Hall–Kier alpha value is -2.77. The average molecular weight is 1150 g/mol. The molecule has 3 rings (SSSR count). The van der Waals surface area contributed by atoms with Crippen molar-refractivity contribution in [3.8, 4) is 0 Å². The predicted octanol–water partition coefficient (Wildman–Crippen LogP) is 5.82. The van der Waals surface area contributed by atoms with E-state index < -0.39 is 124 Å². The number of amides is 1. The number of aliphatic hydroxyl groups excluding tert-OH is 11. The number of hydrogen-bond donors (Lipinski definition) is 12. The minimum atomic E-state index is -1.98. The van der Waals surface area contributed by atoms with E-state index in [4.69, 9.17) is 28.4 Å². The fraction of sp³-hybridized carbons (Fsp3) is 0.790. The molecule has 3 saturated heterocycles. The quantitative estimate of drug-likeness (QED) is 0.0253. The van der Waals surface area contributed by atoms with Crippen LogP contribution >= 0.6 is 0 Å². The van der Waals surface area contributed by atoms with E-state index in [0.29, 0.717) is 12.8 Å². The van der Waals surface area contributed by atoms with Gasteiger partial charge in [0.1, 0.15) is 73.2 Å². The van der Waals surface area contributed by atoms with Gasteiger partial charge in [0.05, 0.1) is 38.6 Å². The summed E-state index contributed by atoms with van der Waals surface area (Å²) in [5.74, 6) is -0.271. The highest BCUT2D eigenvalue weighted by atomic mass is 16.8. The van der Waals surface area contributed by atoms with Gasteiger partial charge in [-0.25, -0.2) is 0 Å². The van der Waals surface area contributed by atoms with Crippen LogP contribution in [0.5, 0.6) is 0 Å². The number of carbonyl (C=O) groups excluding carboxylic acids is 1. The van der Waals surface area contributed by atoms with Gasteiger partial charge in [0.25, 0.3) is 0 Å². The molecule has 3 aliphatic heterocycles. The largest absolute Gasteiger partial charge is 0.394 e. The molecule has 0 spiro atoms. The van der Waals surface area contributed by atoms with Gasteiger partial charge in [-0.1, -0.05) is 183 Å². The number of nitrogens with one attached hydrogen (secondary N) is 1. The summed E-state index contributed by atoms with van der Waals surface area (Å²) in [6.45, 7) is 1.63. The average Bonchev–Trinajstić information content (AvgIpc) is 3.57. The Morgan fingerprint density at radius 3 is 1.33 bits per heavy atom. The number of allylic oxidation sites excluding steroid dienone is 12. The Labute approximate surface area is 483 Å². The van der Waals surface area contributed by atoms with Gasteiger partial charge in [-0.05, 0) is 64.2 Å². The van der Waals surface area contributed by atoms with Crippen molar-refractivity contribution in [2.75, 3.05) is 26.4 Å². The number of rotatable bonds is 44. The third-order valence-corrected chi connectivity index (χ3v) is 15.0. The molecule has 81 heavy (non-hydrogen) atoms. The van der Waals surface area contributed by atoms with Crippen molar-refractivity contribution in [2.45, 2.75) is 285 Å². The summed E-state index contributed by atoms with van der Waals surface area (Å²) in [5, 5.41) is 120. The molecular formula is C62H107NO18. The molecule has 0 aliphatic carbocycles. The summed E-state index contributed by atoms with van der Waals surface area (Å²) in [4.78, 5) is 13.3. The predicted molar refractivity (Wildman–Crippen MR) is 309 cm³/mol. The molecule has 0 aromatic carbocycles. The summed E-state index contributed by atoms with van der Waals surface area (Å²) >= 11 is 0. The van der Waals surface area contributed by atoms with E-state index in [-0.39, 0.29) is 18.9 Å². The molecule has 17 unspecified atom stereocenters. The Morgan fingerprint density at radius 1 is 0.457 bits per heavy atom. The maximum atomic E-state index is 13.3. The minimum Gasteiger partial charge on any atom is -0.394 e. The van der Waals surface area contributed by atoms with Gasteiger partial charge in [0.2, 0.25) is 5.91 Å². The smallest absolute Gasteiger partial charge is 0.220 e. The van der Waals surface area contributed by atoms with Crippen molar-refractivity contribution in [3.05, 3.63) is 72.9 Å². The minimum absolute atomic E-state index is 0.232. The zero-order chi connectivity index (χ0) is 59.0. The zero-order valence-electron chi connectivity index (χ0n) is 48.7. The summed E-state index contributed by atoms with van der Waals surface area (Å²) in [6, 6.07) is -0.904. The molecule has 19 nitrogen and oxygen atoms in total. The topological polar surface area (TPSA) is 307 Å². The Morgan fingerprint density at radius 2 is 0.852 bits per heavy atom. The molecule has 0 saturated carbocycles. The van der Waals surface area contributed by atoms with Crippen LogP contribution in [0.15, 0.2) is 72.9 Å². The Kier molecular flexibility index (Phi) is 40.0. The van der Waals surface area contributed by atoms with Crippen LogP contribution in [0.4, 0.5) is 0 Å². The Bertz CT molecular complexity index is 1760. The fourth-order valence-electron chi connectivity index (χ4n) is 10.0. The van der Waals surface area contributed by atoms with Crippen molar-refractivity contribution in [1.29, 1.82) is 0 Å². The maximum Gasteiger partial charge on any atom is 0.220 e. The highest BCUT2D eigenvalue weighted by Crippen LogP contribution is 2.33.